The van der Waals surface area contributed by atoms with Crippen LogP contribution in [0.1, 0.15) is 45.9 Å². The van der Waals surface area contributed by atoms with Gasteiger partial charge in [-0.05, 0) is 52.2 Å². The van der Waals surface area contributed by atoms with E-state index in [0.29, 0.717) is 27.1 Å². The Morgan fingerprint density at radius 1 is 1.18 bits per heavy atom. The van der Waals surface area contributed by atoms with E-state index in [1.807, 2.05) is 12.3 Å². The van der Waals surface area contributed by atoms with E-state index in [-0.39, 0.29) is 17.1 Å². The van der Waals surface area contributed by atoms with Gasteiger partial charge in [0, 0.05) is 17.1 Å². The average molecular weight is 473 g/mol. The van der Waals surface area contributed by atoms with Crippen molar-refractivity contribution < 1.29 is 23.5 Å². The molecule has 2 heterocycles. The number of rotatable bonds is 5. The van der Waals surface area contributed by atoms with Crippen molar-refractivity contribution in [2.45, 2.75) is 60.1 Å². The molecule has 9 heteroatoms. The molecule has 0 aliphatic heterocycles. The van der Waals surface area contributed by atoms with E-state index < -0.39 is 23.7 Å². The summed E-state index contributed by atoms with van der Waals surface area (Å²) in [7, 11) is 0. The largest absolute Gasteiger partial charge is 0.463 e. The van der Waals surface area contributed by atoms with Crippen LogP contribution in [0.5, 0.6) is 5.75 Å². The fourth-order valence-corrected chi connectivity index (χ4v) is 4.01. The molecule has 0 saturated heterocycles. The fourth-order valence-electron chi connectivity index (χ4n) is 3.21. The van der Waals surface area contributed by atoms with E-state index >= 15 is 0 Å². The van der Waals surface area contributed by atoms with Gasteiger partial charge in [-0.15, -0.1) is 11.3 Å². The van der Waals surface area contributed by atoms with Crippen molar-refractivity contribution in [3.8, 4) is 16.3 Å². The molecule has 1 amide bonds. The van der Waals surface area contributed by atoms with E-state index in [0.717, 1.165) is 5.69 Å². The lowest BCUT2D eigenvalue weighted by molar-refractivity contribution is -0.137. The number of hydrogen-bond donors (Lipinski definition) is 1. The molecule has 1 aromatic carbocycles. The lowest BCUT2D eigenvalue weighted by Crippen LogP contribution is -2.48. The van der Waals surface area contributed by atoms with Crippen molar-refractivity contribution in [1.29, 1.82) is 0 Å². The molecule has 0 radical (unpaired) electrons. The first-order valence-electron chi connectivity index (χ1n) is 10.6. The fraction of sp³-hybridized carbons (Fsp3) is 0.417. The van der Waals surface area contributed by atoms with Crippen LogP contribution in [0.25, 0.3) is 21.5 Å². The number of fused-ring (bicyclic) bond motifs is 1. The molecule has 3 rings (SSSR count). The molecule has 0 bridgehead atoms. The third kappa shape index (κ3) is 5.78. The maximum atomic E-state index is 13.1. The van der Waals surface area contributed by atoms with E-state index in [2.05, 4.69) is 10.3 Å². The van der Waals surface area contributed by atoms with Crippen LogP contribution in [0.4, 0.5) is 4.79 Å². The second-order valence-electron chi connectivity index (χ2n) is 9.17. The van der Waals surface area contributed by atoms with Gasteiger partial charge in [0.25, 0.3) is 0 Å². The molecule has 33 heavy (non-hydrogen) atoms. The molecule has 8 nitrogen and oxygen atoms in total. The molecule has 0 aliphatic carbocycles. The SMILES string of the molecule is Cc1csc(-c2coc3cc(OC(=O)[C@@H](NC(=O)OC(C)(C)C)C(C)C)cc(C)c3c2=O)n1. The Balaban J connectivity index is 1.87. The zero-order valence-corrected chi connectivity index (χ0v) is 20.6. The van der Waals surface area contributed by atoms with Crippen LogP contribution in [0.2, 0.25) is 0 Å². The number of aryl methyl sites for hydroxylation is 2. The van der Waals surface area contributed by atoms with Gasteiger partial charge in [-0.2, -0.15) is 0 Å². The molecule has 0 unspecified atom stereocenters. The van der Waals surface area contributed by atoms with E-state index in [1.165, 1.54) is 23.7 Å². The van der Waals surface area contributed by atoms with Crippen molar-refractivity contribution in [3.63, 3.8) is 0 Å². The predicted octanol–water partition coefficient (Wildman–Crippen LogP) is 4.99. The number of nitrogens with zero attached hydrogens (tertiary/aromatic N) is 1. The number of thiazole rings is 1. The summed E-state index contributed by atoms with van der Waals surface area (Å²) in [6, 6.07) is 2.17. The van der Waals surface area contributed by atoms with Gasteiger partial charge in [-0.3, -0.25) is 4.79 Å². The molecule has 2 aromatic heterocycles. The molecule has 3 aromatic rings. The first kappa shape index (κ1) is 24.4. The van der Waals surface area contributed by atoms with Gasteiger partial charge in [0.05, 0.1) is 10.9 Å². The molecular formula is C24H28N2O6S. The van der Waals surface area contributed by atoms with Crippen molar-refractivity contribution >= 4 is 34.4 Å². The topological polar surface area (TPSA) is 108 Å². The first-order chi connectivity index (χ1) is 15.4. The number of alkyl carbamates (subject to hydrolysis) is 1. The van der Waals surface area contributed by atoms with Crippen molar-refractivity contribution in [2.75, 3.05) is 0 Å². The normalized spacial score (nSPS) is 12.6. The molecule has 1 atom stereocenters. The third-order valence-corrected chi connectivity index (χ3v) is 5.70. The van der Waals surface area contributed by atoms with Crippen molar-refractivity contribution in [2.24, 2.45) is 5.92 Å². The summed E-state index contributed by atoms with van der Waals surface area (Å²) < 4.78 is 16.5. The number of esters is 1. The minimum absolute atomic E-state index is 0.201. The summed E-state index contributed by atoms with van der Waals surface area (Å²) in [5.74, 6) is -0.678. The number of ether oxygens (including phenoxy) is 2. The number of aromatic nitrogens is 1. The summed E-state index contributed by atoms with van der Waals surface area (Å²) in [4.78, 5) is 42.4. The maximum Gasteiger partial charge on any atom is 0.408 e. The second kappa shape index (κ2) is 9.35. The smallest absolute Gasteiger partial charge is 0.408 e. The maximum absolute atomic E-state index is 13.1. The highest BCUT2D eigenvalue weighted by Gasteiger charge is 2.29. The number of nitrogens with one attached hydrogen (secondary N) is 1. The van der Waals surface area contributed by atoms with Gasteiger partial charge in [0.2, 0.25) is 5.43 Å². The highest BCUT2D eigenvalue weighted by atomic mass is 32.1. The molecule has 0 aliphatic rings. The quantitative estimate of drug-likeness (QED) is 0.412. The minimum atomic E-state index is -0.918. The first-order valence-corrected chi connectivity index (χ1v) is 11.4. The number of benzene rings is 1. The molecule has 1 N–H and O–H groups in total. The predicted molar refractivity (Wildman–Crippen MR) is 127 cm³/mol. The Morgan fingerprint density at radius 2 is 1.88 bits per heavy atom. The van der Waals surface area contributed by atoms with Crippen LogP contribution in [0, 0.1) is 19.8 Å². The molecule has 0 spiro atoms. The van der Waals surface area contributed by atoms with Crippen LogP contribution in [-0.4, -0.2) is 28.7 Å². The summed E-state index contributed by atoms with van der Waals surface area (Å²) in [5, 5.41) is 5.42. The Hall–Kier alpha value is -3.20. The Kier molecular flexibility index (Phi) is 6.92. The van der Waals surface area contributed by atoms with E-state index in [4.69, 9.17) is 13.9 Å². The Bertz CT molecular complexity index is 1250. The van der Waals surface area contributed by atoms with Gasteiger partial charge in [0.15, 0.2) is 0 Å². The Morgan fingerprint density at radius 3 is 2.45 bits per heavy atom. The Labute approximate surface area is 195 Å². The minimum Gasteiger partial charge on any atom is -0.463 e. The number of amides is 1. The number of carbonyl (C=O) groups excluding carboxylic acids is 2. The number of hydrogen-bond acceptors (Lipinski definition) is 8. The molecule has 176 valence electrons. The van der Waals surface area contributed by atoms with Gasteiger partial charge in [-0.1, -0.05) is 13.8 Å². The van der Waals surface area contributed by atoms with Crippen LogP contribution in [0.3, 0.4) is 0 Å². The molecule has 0 fully saturated rings. The van der Waals surface area contributed by atoms with E-state index in [9.17, 15) is 14.4 Å². The zero-order chi connectivity index (χ0) is 24.5. The van der Waals surface area contributed by atoms with E-state index in [1.54, 1.807) is 47.6 Å². The zero-order valence-electron chi connectivity index (χ0n) is 19.8. The molecule has 0 saturated carbocycles. The van der Waals surface area contributed by atoms with Crippen LogP contribution >= 0.6 is 11.3 Å². The van der Waals surface area contributed by atoms with Crippen LogP contribution in [0.15, 0.2) is 33.0 Å². The summed E-state index contributed by atoms with van der Waals surface area (Å²) in [5.41, 5.74) is 1.20. The molecular weight excluding hydrogens is 444 g/mol. The summed E-state index contributed by atoms with van der Waals surface area (Å²) in [6.45, 7) is 12.4. The van der Waals surface area contributed by atoms with Crippen LogP contribution < -0.4 is 15.5 Å². The highest BCUT2D eigenvalue weighted by molar-refractivity contribution is 7.13. The average Bonchev–Trinajstić information content (AvgIpc) is 3.10. The van der Waals surface area contributed by atoms with Gasteiger partial charge in [-0.25, -0.2) is 14.6 Å². The van der Waals surface area contributed by atoms with Gasteiger partial charge >= 0.3 is 12.1 Å². The lowest BCUT2D eigenvalue weighted by Gasteiger charge is -2.24. The van der Waals surface area contributed by atoms with Crippen LogP contribution in [-0.2, 0) is 9.53 Å². The lowest BCUT2D eigenvalue weighted by atomic mass is 10.0. The van der Waals surface area contributed by atoms with Gasteiger partial charge < -0.3 is 19.2 Å². The monoisotopic (exact) mass is 472 g/mol. The van der Waals surface area contributed by atoms with Crippen molar-refractivity contribution in [1.82, 2.24) is 10.3 Å². The standard InChI is InChI=1S/C24H28N2O6S/c1-12(2)19(26-23(29)32-24(5,6)7)22(28)31-15-8-13(3)18-17(9-15)30-10-16(20(18)27)21-25-14(4)11-33-21/h8-12,19H,1-7H3,(H,26,29)/t19-/m0/s1. The number of carbonyl (C=O) groups is 2. The second-order valence-corrected chi connectivity index (χ2v) is 10.0. The van der Waals surface area contributed by atoms with Gasteiger partial charge in [0.1, 0.15) is 34.2 Å². The highest BCUT2D eigenvalue weighted by Crippen LogP contribution is 2.28. The summed E-state index contributed by atoms with van der Waals surface area (Å²) >= 11 is 1.37. The third-order valence-electron chi connectivity index (χ3n) is 4.71. The summed E-state index contributed by atoms with van der Waals surface area (Å²) in [6.07, 6.45) is 0.665. The van der Waals surface area contributed by atoms with Crippen molar-refractivity contribution in [3.05, 3.63) is 45.3 Å².